The predicted octanol–water partition coefficient (Wildman–Crippen LogP) is 6.30. The van der Waals surface area contributed by atoms with E-state index in [2.05, 4.69) is 13.8 Å². The number of hydrogen-bond acceptors (Lipinski definition) is 2. The zero-order valence-corrected chi connectivity index (χ0v) is 14.9. The smallest absolute Gasteiger partial charge is 0.137 e. The molecule has 0 spiro atoms. The molecular weight excluding hydrogens is 296 g/mol. The zero-order chi connectivity index (χ0) is 16.2. The maximum atomic E-state index is 9.97. The van der Waals surface area contributed by atoms with Gasteiger partial charge in [0.15, 0.2) is 0 Å². The van der Waals surface area contributed by atoms with Gasteiger partial charge in [0.1, 0.15) is 5.75 Å². The van der Waals surface area contributed by atoms with Gasteiger partial charge in [0.05, 0.1) is 17.7 Å². The van der Waals surface area contributed by atoms with Gasteiger partial charge in [-0.05, 0) is 30.5 Å². The molecule has 0 aliphatic rings. The number of benzene rings is 1. The highest BCUT2D eigenvalue weighted by Crippen LogP contribution is 2.29. The molecular formula is C19H31ClO2. The molecule has 0 aliphatic heterocycles. The average Bonchev–Trinajstić information content (AvgIpc) is 2.51. The summed E-state index contributed by atoms with van der Waals surface area (Å²) >= 11 is 6.23. The third kappa shape index (κ3) is 7.51. The van der Waals surface area contributed by atoms with Crippen LogP contribution in [0.5, 0.6) is 5.75 Å². The first-order chi connectivity index (χ1) is 10.7. The van der Waals surface area contributed by atoms with Crippen molar-refractivity contribution in [1.29, 1.82) is 0 Å². The SMILES string of the molecule is CCCCCCCCCOc1ccc(C(O)CCC)cc1Cl. The molecule has 0 fully saturated rings. The summed E-state index contributed by atoms with van der Waals surface area (Å²) in [6.07, 6.45) is 10.2. The minimum Gasteiger partial charge on any atom is -0.492 e. The van der Waals surface area contributed by atoms with Crippen molar-refractivity contribution < 1.29 is 9.84 Å². The van der Waals surface area contributed by atoms with Crippen molar-refractivity contribution in [2.45, 2.75) is 77.7 Å². The van der Waals surface area contributed by atoms with E-state index in [9.17, 15) is 5.11 Å². The quantitative estimate of drug-likeness (QED) is 0.456. The van der Waals surface area contributed by atoms with Crippen LogP contribution in [-0.2, 0) is 0 Å². The maximum Gasteiger partial charge on any atom is 0.137 e. The number of aliphatic hydroxyl groups is 1. The van der Waals surface area contributed by atoms with Gasteiger partial charge >= 0.3 is 0 Å². The summed E-state index contributed by atoms with van der Waals surface area (Å²) < 4.78 is 5.75. The summed E-state index contributed by atoms with van der Waals surface area (Å²) in [5.74, 6) is 0.722. The van der Waals surface area contributed by atoms with Crippen LogP contribution in [0.4, 0.5) is 0 Å². The molecule has 1 N–H and O–H groups in total. The van der Waals surface area contributed by atoms with Gasteiger partial charge in [-0.2, -0.15) is 0 Å². The molecule has 2 nitrogen and oxygen atoms in total. The van der Waals surface area contributed by atoms with E-state index in [-0.39, 0.29) is 0 Å². The Labute approximate surface area is 140 Å². The molecule has 126 valence electrons. The Bertz CT molecular complexity index is 406. The second kappa shape index (κ2) is 11.8. The first-order valence-corrected chi connectivity index (χ1v) is 9.17. The summed E-state index contributed by atoms with van der Waals surface area (Å²) in [7, 11) is 0. The van der Waals surface area contributed by atoms with Crippen LogP contribution < -0.4 is 4.74 Å². The van der Waals surface area contributed by atoms with Crippen molar-refractivity contribution >= 4 is 11.6 Å². The summed E-state index contributed by atoms with van der Waals surface area (Å²) in [4.78, 5) is 0. The van der Waals surface area contributed by atoms with Crippen molar-refractivity contribution in [3.63, 3.8) is 0 Å². The number of rotatable bonds is 12. The van der Waals surface area contributed by atoms with Crippen molar-refractivity contribution in [3.8, 4) is 5.75 Å². The Kier molecular flexibility index (Phi) is 10.3. The van der Waals surface area contributed by atoms with Crippen LogP contribution in [-0.4, -0.2) is 11.7 Å². The number of halogens is 1. The van der Waals surface area contributed by atoms with Gasteiger partial charge in [-0.15, -0.1) is 0 Å². The third-order valence-corrected chi connectivity index (χ3v) is 4.20. The number of unbranched alkanes of at least 4 members (excludes halogenated alkanes) is 6. The lowest BCUT2D eigenvalue weighted by molar-refractivity contribution is 0.166. The molecule has 0 aromatic heterocycles. The standard InChI is InChI=1S/C19H31ClO2/c1-3-5-6-7-8-9-10-14-22-19-13-12-16(15-17(19)20)18(21)11-4-2/h12-13,15,18,21H,3-11,14H2,1-2H3. The van der Waals surface area contributed by atoms with Crippen LogP contribution in [0.2, 0.25) is 5.02 Å². The molecule has 1 rings (SSSR count). The van der Waals surface area contributed by atoms with Gasteiger partial charge in [-0.1, -0.05) is 76.5 Å². The number of aliphatic hydroxyl groups excluding tert-OH is 1. The number of hydrogen-bond donors (Lipinski definition) is 1. The molecule has 1 unspecified atom stereocenters. The van der Waals surface area contributed by atoms with Gasteiger partial charge in [-0.3, -0.25) is 0 Å². The lowest BCUT2D eigenvalue weighted by Crippen LogP contribution is -2.00. The van der Waals surface area contributed by atoms with Crippen LogP contribution in [0.1, 0.15) is 83.3 Å². The third-order valence-electron chi connectivity index (χ3n) is 3.91. The molecule has 0 amide bonds. The van der Waals surface area contributed by atoms with E-state index in [1.807, 2.05) is 18.2 Å². The van der Waals surface area contributed by atoms with Crippen LogP contribution in [0.25, 0.3) is 0 Å². The van der Waals surface area contributed by atoms with Gasteiger partial charge < -0.3 is 9.84 Å². The summed E-state index contributed by atoms with van der Waals surface area (Å²) in [5.41, 5.74) is 0.870. The molecule has 0 radical (unpaired) electrons. The largest absolute Gasteiger partial charge is 0.492 e. The van der Waals surface area contributed by atoms with Crippen molar-refractivity contribution in [1.82, 2.24) is 0 Å². The minimum absolute atomic E-state index is 0.431. The van der Waals surface area contributed by atoms with Crippen molar-refractivity contribution in [2.24, 2.45) is 0 Å². The van der Waals surface area contributed by atoms with E-state index in [0.29, 0.717) is 11.6 Å². The highest BCUT2D eigenvalue weighted by molar-refractivity contribution is 6.32. The molecule has 1 atom stereocenters. The lowest BCUT2D eigenvalue weighted by Gasteiger charge is -2.13. The highest BCUT2D eigenvalue weighted by Gasteiger charge is 2.09. The fourth-order valence-electron chi connectivity index (χ4n) is 2.52. The predicted molar refractivity (Wildman–Crippen MR) is 94.8 cm³/mol. The number of ether oxygens (including phenoxy) is 1. The van der Waals surface area contributed by atoms with E-state index >= 15 is 0 Å². The van der Waals surface area contributed by atoms with Gasteiger partial charge in [0.25, 0.3) is 0 Å². The Morgan fingerprint density at radius 2 is 1.68 bits per heavy atom. The van der Waals surface area contributed by atoms with Gasteiger partial charge in [0, 0.05) is 0 Å². The molecule has 3 heteroatoms. The van der Waals surface area contributed by atoms with E-state index in [1.54, 1.807) is 0 Å². The monoisotopic (exact) mass is 326 g/mol. The van der Waals surface area contributed by atoms with E-state index in [0.717, 1.165) is 30.6 Å². The molecule has 0 saturated carbocycles. The van der Waals surface area contributed by atoms with Crippen LogP contribution in [0.3, 0.4) is 0 Å². The fourth-order valence-corrected chi connectivity index (χ4v) is 2.77. The Morgan fingerprint density at radius 1 is 1.00 bits per heavy atom. The second-order valence-electron chi connectivity index (χ2n) is 5.96. The molecule has 1 aromatic rings. The Morgan fingerprint density at radius 3 is 2.32 bits per heavy atom. The van der Waals surface area contributed by atoms with Gasteiger partial charge in [-0.25, -0.2) is 0 Å². The normalized spacial score (nSPS) is 12.4. The summed E-state index contributed by atoms with van der Waals surface area (Å²) in [6, 6.07) is 5.60. The topological polar surface area (TPSA) is 29.5 Å². The van der Waals surface area contributed by atoms with Crippen molar-refractivity contribution in [3.05, 3.63) is 28.8 Å². The Hall–Kier alpha value is -0.730. The lowest BCUT2D eigenvalue weighted by atomic mass is 10.1. The summed E-state index contributed by atoms with van der Waals surface area (Å²) in [6.45, 7) is 5.01. The highest BCUT2D eigenvalue weighted by atomic mass is 35.5. The Balaban J connectivity index is 2.26. The van der Waals surface area contributed by atoms with Crippen LogP contribution in [0.15, 0.2) is 18.2 Å². The van der Waals surface area contributed by atoms with Crippen LogP contribution in [0, 0.1) is 0 Å². The fraction of sp³-hybridized carbons (Fsp3) is 0.684. The molecule has 0 aliphatic carbocycles. The van der Waals surface area contributed by atoms with E-state index in [4.69, 9.17) is 16.3 Å². The van der Waals surface area contributed by atoms with Crippen LogP contribution >= 0.6 is 11.6 Å². The van der Waals surface area contributed by atoms with Crippen molar-refractivity contribution in [2.75, 3.05) is 6.61 Å². The maximum absolute atomic E-state index is 9.97. The molecule has 0 bridgehead atoms. The minimum atomic E-state index is -0.431. The average molecular weight is 327 g/mol. The summed E-state index contributed by atoms with van der Waals surface area (Å²) in [5, 5.41) is 10.6. The second-order valence-corrected chi connectivity index (χ2v) is 6.37. The first-order valence-electron chi connectivity index (χ1n) is 8.79. The molecule has 22 heavy (non-hydrogen) atoms. The van der Waals surface area contributed by atoms with E-state index < -0.39 is 6.10 Å². The molecule has 0 heterocycles. The molecule has 1 aromatic carbocycles. The van der Waals surface area contributed by atoms with Gasteiger partial charge in [0.2, 0.25) is 0 Å². The first kappa shape index (κ1) is 19.3. The van der Waals surface area contributed by atoms with E-state index in [1.165, 1.54) is 38.5 Å². The zero-order valence-electron chi connectivity index (χ0n) is 14.1. The molecule has 0 saturated heterocycles.